The lowest BCUT2D eigenvalue weighted by Gasteiger charge is -2.07. The van der Waals surface area contributed by atoms with Gasteiger partial charge in [-0.2, -0.15) is 5.10 Å². The number of ether oxygens (including phenoxy) is 1. The van der Waals surface area contributed by atoms with Crippen LogP contribution in [0, 0.1) is 0 Å². The van der Waals surface area contributed by atoms with Gasteiger partial charge in [0.05, 0.1) is 17.1 Å². The minimum absolute atomic E-state index is 0.482. The highest BCUT2D eigenvalue weighted by Crippen LogP contribution is 2.15. The van der Waals surface area contributed by atoms with Gasteiger partial charge in [-0.05, 0) is 49.2 Å². The Morgan fingerprint density at radius 1 is 1.35 bits per heavy atom. The molecule has 2 rings (SSSR count). The molecule has 0 saturated heterocycles. The van der Waals surface area contributed by atoms with Crippen molar-refractivity contribution in [3.8, 4) is 5.75 Å². The van der Waals surface area contributed by atoms with Gasteiger partial charge in [-0.25, -0.2) is 0 Å². The second-order valence-corrected chi connectivity index (χ2v) is 4.60. The van der Waals surface area contributed by atoms with Gasteiger partial charge in [-0.1, -0.05) is 12.1 Å². The quantitative estimate of drug-likeness (QED) is 0.517. The van der Waals surface area contributed by atoms with Crippen molar-refractivity contribution >= 4 is 5.71 Å². The Hall–Kier alpha value is -2.30. The van der Waals surface area contributed by atoms with E-state index in [0.29, 0.717) is 12.3 Å². The maximum absolute atomic E-state index is 8.71. The number of benzene rings is 1. The van der Waals surface area contributed by atoms with Gasteiger partial charge >= 0.3 is 0 Å². The molecule has 0 aliphatic heterocycles. The number of hydrogen-bond acceptors (Lipinski definition) is 4. The summed E-state index contributed by atoms with van der Waals surface area (Å²) in [5, 5.41) is 16.3. The van der Waals surface area contributed by atoms with Crippen LogP contribution in [0.15, 0.2) is 35.5 Å². The van der Waals surface area contributed by atoms with E-state index in [1.165, 1.54) is 0 Å². The molecule has 20 heavy (non-hydrogen) atoms. The first-order valence-electron chi connectivity index (χ1n) is 6.57. The molecule has 5 heteroatoms. The van der Waals surface area contributed by atoms with Crippen LogP contribution in [-0.2, 0) is 20.1 Å². The van der Waals surface area contributed by atoms with Crippen LogP contribution < -0.4 is 4.74 Å². The molecule has 1 aromatic carbocycles. The SMILES string of the molecule is CCc1cc(COc2ccc(C(C)=NO)cc2)n(C)n1. The summed E-state index contributed by atoms with van der Waals surface area (Å²) in [6.07, 6.45) is 0.919. The summed E-state index contributed by atoms with van der Waals surface area (Å²) >= 11 is 0. The minimum Gasteiger partial charge on any atom is -0.487 e. The molecule has 1 heterocycles. The first-order chi connectivity index (χ1) is 9.63. The molecule has 1 N–H and O–H groups in total. The minimum atomic E-state index is 0.482. The predicted octanol–water partition coefficient (Wildman–Crippen LogP) is 2.76. The molecule has 2 aromatic rings. The van der Waals surface area contributed by atoms with Crippen molar-refractivity contribution in [3.05, 3.63) is 47.3 Å². The van der Waals surface area contributed by atoms with E-state index in [4.69, 9.17) is 9.94 Å². The van der Waals surface area contributed by atoms with Crippen molar-refractivity contribution in [2.45, 2.75) is 26.9 Å². The summed E-state index contributed by atoms with van der Waals surface area (Å²) in [7, 11) is 1.92. The Morgan fingerprint density at radius 3 is 2.60 bits per heavy atom. The topological polar surface area (TPSA) is 59.6 Å². The summed E-state index contributed by atoms with van der Waals surface area (Å²) in [5.41, 5.74) is 3.56. The standard InChI is InChI=1S/C15H19N3O2/c1-4-13-9-14(18(3)16-13)10-20-15-7-5-12(6-8-15)11(2)17-19/h5-9,19H,4,10H2,1-3H3. The number of nitrogens with zero attached hydrogens (tertiary/aromatic N) is 3. The van der Waals surface area contributed by atoms with Crippen LogP contribution in [0.4, 0.5) is 0 Å². The van der Waals surface area contributed by atoms with Crippen molar-refractivity contribution < 1.29 is 9.94 Å². The highest BCUT2D eigenvalue weighted by Gasteiger charge is 2.05. The Morgan fingerprint density at radius 2 is 2.05 bits per heavy atom. The van der Waals surface area contributed by atoms with E-state index in [1.54, 1.807) is 6.92 Å². The highest BCUT2D eigenvalue weighted by molar-refractivity contribution is 5.98. The van der Waals surface area contributed by atoms with Gasteiger partial charge in [0.1, 0.15) is 12.4 Å². The molecule has 0 spiro atoms. The lowest BCUT2D eigenvalue weighted by molar-refractivity contribution is 0.295. The van der Waals surface area contributed by atoms with E-state index in [0.717, 1.165) is 29.1 Å². The molecule has 106 valence electrons. The third-order valence-corrected chi connectivity index (χ3v) is 3.20. The summed E-state index contributed by atoms with van der Waals surface area (Å²) in [6.45, 7) is 4.31. The van der Waals surface area contributed by atoms with Gasteiger partial charge in [0, 0.05) is 7.05 Å². The van der Waals surface area contributed by atoms with Crippen LogP contribution in [0.25, 0.3) is 0 Å². The van der Waals surface area contributed by atoms with E-state index in [2.05, 4.69) is 23.2 Å². The van der Waals surface area contributed by atoms with Gasteiger partial charge in [0.25, 0.3) is 0 Å². The third-order valence-electron chi connectivity index (χ3n) is 3.20. The first-order valence-corrected chi connectivity index (χ1v) is 6.57. The van der Waals surface area contributed by atoms with E-state index in [1.807, 2.05) is 36.0 Å². The molecular weight excluding hydrogens is 254 g/mol. The maximum atomic E-state index is 8.71. The fourth-order valence-electron chi connectivity index (χ4n) is 1.89. The summed E-state index contributed by atoms with van der Waals surface area (Å²) in [4.78, 5) is 0. The lowest BCUT2D eigenvalue weighted by atomic mass is 10.1. The monoisotopic (exact) mass is 273 g/mol. The summed E-state index contributed by atoms with van der Waals surface area (Å²) < 4.78 is 7.58. The highest BCUT2D eigenvalue weighted by atomic mass is 16.5. The third kappa shape index (κ3) is 3.17. The zero-order valence-corrected chi connectivity index (χ0v) is 12.0. The van der Waals surface area contributed by atoms with E-state index in [9.17, 15) is 0 Å². The molecule has 0 unspecified atom stereocenters. The number of rotatable bonds is 5. The van der Waals surface area contributed by atoms with Gasteiger partial charge in [0.2, 0.25) is 0 Å². The molecule has 5 nitrogen and oxygen atoms in total. The Labute approximate surface area is 118 Å². The van der Waals surface area contributed by atoms with Crippen molar-refractivity contribution in [2.75, 3.05) is 0 Å². The summed E-state index contributed by atoms with van der Waals surface area (Å²) in [6, 6.07) is 9.51. The Kier molecular flexibility index (Phi) is 4.40. The Bertz CT molecular complexity index is 600. The normalized spacial score (nSPS) is 11.7. The zero-order chi connectivity index (χ0) is 14.5. The van der Waals surface area contributed by atoms with Crippen LogP contribution in [0.1, 0.15) is 30.8 Å². The molecule has 0 saturated carbocycles. The lowest BCUT2D eigenvalue weighted by Crippen LogP contribution is -2.03. The molecule has 1 aromatic heterocycles. The molecule has 0 amide bonds. The molecule has 0 aliphatic carbocycles. The van der Waals surface area contributed by atoms with Gasteiger partial charge in [0.15, 0.2) is 0 Å². The fraction of sp³-hybridized carbons (Fsp3) is 0.333. The Balaban J connectivity index is 2.02. The van der Waals surface area contributed by atoms with E-state index >= 15 is 0 Å². The molecule has 0 bridgehead atoms. The van der Waals surface area contributed by atoms with Crippen molar-refractivity contribution in [3.63, 3.8) is 0 Å². The van der Waals surface area contributed by atoms with Crippen molar-refractivity contribution in [2.24, 2.45) is 12.2 Å². The van der Waals surface area contributed by atoms with Crippen LogP contribution in [0.3, 0.4) is 0 Å². The maximum Gasteiger partial charge on any atom is 0.130 e. The first kappa shape index (κ1) is 14.1. The van der Waals surface area contributed by atoms with Crippen molar-refractivity contribution in [1.29, 1.82) is 0 Å². The van der Waals surface area contributed by atoms with Gasteiger partial charge < -0.3 is 9.94 Å². The number of aryl methyl sites for hydroxylation is 2. The molecule has 0 fully saturated rings. The second kappa shape index (κ2) is 6.23. The smallest absolute Gasteiger partial charge is 0.130 e. The average molecular weight is 273 g/mol. The number of aromatic nitrogens is 2. The number of hydrogen-bond donors (Lipinski definition) is 1. The average Bonchev–Trinajstić information content (AvgIpc) is 2.85. The van der Waals surface area contributed by atoms with E-state index in [-0.39, 0.29) is 0 Å². The number of oxime groups is 1. The van der Waals surface area contributed by atoms with Crippen LogP contribution in [0.5, 0.6) is 5.75 Å². The summed E-state index contributed by atoms with van der Waals surface area (Å²) in [5.74, 6) is 0.777. The molecule has 0 radical (unpaired) electrons. The molecule has 0 atom stereocenters. The molecule has 0 aliphatic rings. The van der Waals surface area contributed by atoms with Crippen molar-refractivity contribution in [1.82, 2.24) is 9.78 Å². The predicted molar refractivity (Wildman–Crippen MR) is 77.4 cm³/mol. The fourth-order valence-corrected chi connectivity index (χ4v) is 1.89. The van der Waals surface area contributed by atoms with Crippen LogP contribution >= 0.6 is 0 Å². The van der Waals surface area contributed by atoms with E-state index < -0.39 is 0 Å². The van der Waals surface area contributed by atoms with Gasteiger partial charge in [-0.3, -0.25) is 4.68 Å². The van der Waals surface area contributed by atoms with Gasteiger partial charge in [-0.15, -0.1) is 0 Å². The van der Waals surface area contributed by atoms with Crippen LogP contribution in [-0.4, -0.2) is 20.7 Å². The second-order valence-electron chi connectivity index (χ2n) is 4.60. The molecular formula is C15H19N3O2. The zero-order valence-electron chi connectivity index (χ0n) is 12.0. The largest absolute Gasteiger partial charge is 0.487 e. The van der Waals surface area contributed by atoms with Crippen LogP contribution in [0.2, 0.25) is 0 Å².